The SMILES string of the molecule is CC.CNC(=O)c1nnc(Nc2cc(C)nc(C3=CCN(C)CC3)n2)cc1C.[HH].[HH]. The zero-order chi connectivity index (χ0) is 20.7. The van der Waals surface area contributed by atoms with Gasteiger partial charge in [0.05, 0.1) is 0 Å². The van der Waals surface area contributed by atoms with E-state index in [1.807, 2.05) is 33.8 Å². The molecule has 0 unspecified atom stereocenters. The summed E-state index contributed by atoms with van der Waals surface area (Å²) in [4.78, 5) is 23.2. The number of anilines is 2. The van der Waals surface area contributed by atoms with Crippen molar-refractivity contribution in [1.29, 1.82) is 0 Å². The number of likely N-dealkylation sites (N-methyl/N-ethyl adjacent to an activating group) is 1. The minimum absolute atomic E-state index is 0. The van der Waals surface area contributed by atoms with Crippen LogP contribution in [-0.2, 0) is 0 Å². The van der Waals surface area contributed by atoms with Crippen molar-refractivity contribution in [3.05, 3.63) is 41.0 Å². The van der Waals surface area contributed by atoms with Crippen LogP contribution in [0, 0.1) is 13.8 Å². The van der Waals surface area contributed by atoms with Gasteiger partial charge in [-0.15, -0.1) is 10.2 Å². The average molecular weight is 388 g/mol. The van der Waals surface area contributed by atoms with E-state index in [0.717, 1.165) is 42.2 Å². The number of hydrogen-bond acceptors (Lipinski definition) is 7. The normalized spacial score (nSPS) is 13.9. The van der Waals surface area contributed by atoms with E-state index >= 15 is 0 Å². The molecule has 28 heavy (non-hydrogen) atoms. The molecule has 154 valence electrons. The molecule has 3 heterocycles. The molecule has 0 atom stereocenters. The first kappa shape index (κ1) is 21.4. The molecular weight excluding hydrogens is 354 g/mol. The molecule has 0 saturated carbocycles. The van der Waals surface area contributed by atoms with Gasteiger partial charge in [-0.2, -0.15) is 0 Å². The van der Waals surface area contributed by atoms with E-state index in [9.17, 15) is 4.79 Å². The van der Waals surface area contributed by atoms with E-state index in [-0.39, 0.29) is 8.76 Å². The summed E-state index contributed by atoms with van der Waals surface area (Å²) in [6, 6.07) is 3.65. The standard InChI is InChI=1S/C18H23N7O.C2H6.2H2/c1-11-9-15(23-24-16(11)18(26)19-3)21-14-10-12(2)20-17(22-14)13-5-7-25(4)8-6-13;1-2;;/h5,9-10H,6-8H2,1-4H3,(H,19,26)(H,20,21,22,23);1-2H3;2*1H. The molecule has 0 aliphatic carbocycles. The van der Waals surface area contributed by atoms with E-state index in [0.29, 0.717) is 17.3 Å². The number of aryl methyl sites for hydroxylation is 2. The van der Waals surface area contributed by atoms with Crippen molar-refractivity contribution < 1.29 is 7.65 Å². The lowest BCUT2D eigenvalue weighted by molar-refractivity contribution is 0.0956. The number of nitrogens with one attached hydrogen (secondary N) is 2. The molecule has 0 spiro atoms. The number of hydrogen-bond donors (Lipinski definition) is 2. The van der Waals surface area contributed by atoms with E-state index in [1.165, 1.54) is 0 Å². The summed E-state index contributed by atoms with van der Waals surface area (Å²) in [7, 11) is 3.67. The Balaban J connectivity index is 0.00000204. The fraction of sp³-hybridized carbons (Fsp3) is 0.450. The van der Waals surface area contributed by atoms with Gasteiger partial charge in [0.25, 0.3) is 5.91 Å². The van der Waals surface area contributed by atoms with Gasteiger partial charge in [-0.1, -0.05) is 19.9 Å². The smallest absolute Gasteiger partial charge is 0.271 e. The molecule has 0 radical (unpaired) electrons. The summed E-state index contributed by atoms with van der Waals surface area (Å²) in [6.45, 7) is 9.67. The van der Waals surface area contributed by atoms with Crippen LogP contribution >= 0.6 is 0 Å². The molecule has 0 bridgehead atoms. The van der Waals surface area contributed by atoms with Crippen molar-refractivity contribution in [3.63, 3.8) is 0 Å². The van der Waals surface area contributed by atoms with Gasteiger partial charge in [0.15, 0.2) is 17.3 Å². The third-order valence-corrected chi connectivity index (χ3v) is 4.24. The third kappa shape index (κ3) is 5.32. The van der Waals surface area contributed by atoms with Gasteiger partial charge >= 0.3 is 0 Å². The first-order valence-corrected chi connectivity index (χ1v) is 9.53. The summed E-state index contributed by atoms with van der Waals surface area (Å²) >= 11 is 0. The van der Waals surface area contributed by atoms with Crippen LogP contribution in [0.4, 0.5) is 11.6 Å². The van der Waals surface area contributed by atoms with Gasteiger partial charge in [0.1, 0.15) is 5.82 Å². The molecule has 2 aromatic rings. The van der Waals surface area contributed by atoms with Crippen molar-refractivity contribution in [2.45, 2.75) is 34.1 Å². The first-order chi connectivity index (χ1) is 13.5. The topological polar surface area (TPSA) is 95.9 Å². The Kier molecular flexibility index (Phi) is 7.57. The van der Waals surface area contributed by atoms with Crippen LogP contribution in [0.15, 0.2) is 18.2 Å². The van der Waals surface area contributed by atoms with Crippen molar-refractivity contribution >= 4 is 23.1 Å². The number of rotatable bonds is 4. The highest BCUT2D eigenvalue weighted by Crippen LogP contribution is 2.22. The van der Waals surface area contributed by atoms with Gasteiger partial charge in [-0.3, -0.25) is 4.79 Å². The second-order valence-electron chi connectivity index (χ2n) is 6.43. The van der Waals surface area contributed by atoms with Gasteiger partial charge < -0.3 is 15.5 Å². The van der Waals surface area contributed by atoms with Crippen LogP contribution in [0.1, 0.15) is 50.7 Å². The lowest BCUT2D eigenvalue weighted by Gasteiger charge is -2.21. The van der Waals surface area contributed by atoms with E-state index in [2.05, 4.69) is 48.8 Å². The fourth-order valence-electron chi connectivity index (χ4n) is 2.77. The molecule has 8 nitrogen and oxygen atoms in total. The quantitative estimate of drug-likeness (QED) is 0.831. The van der Waals surface area contributed by atoms with E-state index in [1.54, 1.807) is 13.1 Å². The monoisotopic (exact) mass is 387 g/mol. The van der Waals surface area contributed by atoms with Gasteiger partial charge in [-0.05, 0) is 44.5 Å². The molecule has 2 N–H and O–H groups in total. The fourth-order valence-corrected chi connectivity index (χ4v) is 2.77. The summed E-state index contributed by atoms with van der Waals surface area (Å²) < 4.78 is 0. The van der Waals surface area contributed by atoms with Crippen LogP contribution < -0.4 is 10.6 Å². The minimum atomic E-state index is -0.254. The Morgan fingerprint density at radius 1 is 1.14 bits per heavy atom. The zero-order valence-corrected chi connectivity index (χ0v) is 17.5. The molecule has 2 aromatic heterocycles. The molecule has 3 rings (SSSR count). The molecule has 1 aliphatic heterocycles. The highest BCUT2D eigenvalue weighted by molar-refractivity contribution is 5.93. The van der Waals surface area contributed by atoms with E-state index in [4.69, 9.17) is 0 Å². The van der Waals surface area contributed by atoms with Crippen molar-refractivity contribution in [3.8, 4) is 0 Å². The van der Waals surface area contributed by atoms with Crippen molar-refractivity contribution in [1.82, 2.24) is 30.4 Å². The van der Waals surface area contributed by atoms with Crippen molar-refractivity contribution in [2.24, 2.45) is 0 Å². The molecule has 8 heteroatoms. The molecule has 0 saturated heterocycles. The number of amides is 1. The lowest BCUT2D eigenvalue weighted by atomic mass is 10.1. The van der Waals surface area contributed by atoms with Crippen LogP contribution in [0.3, 0.4) is 0 Å². The predicted octanol–water partition coefficient (Wildman–Crippen LogP) is 3.22. The highest BCUT2D eigenvalue weighted by atomic mass is 16.1. The molecule has 0 aromatic carbocycles. The van der Waals surface area contributed by atoms with Gasteiger partial charge in [0, 0.05) is 34.8 Å². The maximum Gasteiger partial charge on any atom is 0.271 e. The predicted molar refractivity (Wildman–Crippen MR) is 116 cm³/mol. The maximum atomic E-state index is 11.7. The second-order valence-corrected chi connectivity index (χ2v) is 6.43. The third-order valence-electron chi connectivity index (χ3n) is 4.24. The number of nitrogens with zero attached hydrogens (tertiary/aromatic N) is 5. The van der Waals surface area contributed by atoms with Crippen LogP contribution in [-0.4, -0.2) is 58.2 Å². The molecule has 1 aliphatic rings. The van der Waals surface area contributed by atoms with Crippen LogP contribution in [0.5, 0.6) is 0 Å². The highest BCUT2D eigenvalue weighted by Gasteiger charge is 2.14. The summed E-state index contributed by atoms with van der Waals surface area (Å²) in [6.07, 6.45) is 3.10. The Morgan fingerprint density at radius 3 is 2.50 bits per heavy atom. The summed E-state index contributed by atoms with van der Waals surface area (Å²) in [5.41, 5.74) is 3.09. The van der Waals surface area contributed by atoms with Crippen LogP contribution in [0.2, 0.25) is 0 Å². The Labute approximate surface area is 169 Å². The average Bonchev–Trinajstić information content (AvgIpc) is 2.69. The summed E-state index contributed by atoms with van der Waals surface area (Å²) in [5.74, 6) is 1.69. The largest absolute Gasteiger partial charge is 0.354 e. The number of carbonyl (C=O) groups is 1. The molecule has 0 fully saturated rings. The molecular formula is C20H33N7O. The number of carbonyl (C=O) groups excluding carboxylic acids is 1. The van der Waals surface area contributed by atoms with Crippen LogP contribution in [0.25, 0.3) is 5.57 Å². The van der Waals surface area contributed by atoms with E-state index < -0.39 is 0 Å². The van der Waals surface area contributed by atoms with Gasteiger partial charge in [0.2, 0.25) is 0 Å². The lowest BCUT2D eigenvalue weighted by Crippen LogP contribution is -2.24. The second kappa shape index (κ2) is 9.89. The minimum Gasteiger partial charge on any atom is -0.354 e. The first-order valence-electron chi connectivity index (χ1n) is 9.53. The zero-order valence-electron chi connectivity index (χ0n) is 17.5. The maximum absolute atomic E-state index is 11.7. The Bertz CT molecular complexity index is 874. The Morgan fingerprint density at radius 2 is 1.89 bits per heavy atom. The summed E-state index contributed by atoms with van der Waals surface area (Å²) in [5, 5.41) is 13.8. The van der Waals surface area contributed by atoms with Gasteiger partial charge in [-0.25, -0.2) is 9.97 Å². The Hall–Kier alpha value is -2.87. The molecule has 1 amide bonds. The van der Waals surface area contributed by atoms with Crippen molar-refractivity contribution in [2.75, 3.05) is 32.5 Å². The number of aromatic nitrogens is 4.